The Morgan fingerprint density at radius 2 is 1.84 bits per heavy atom. The summed E-state index contributed by atoms with van der Waals surface area (Å²) in [6, 6.07) is 16.2. The van der Waals surface area contributed by atoms with E-state index >= 15 is 0 Å². The first kappa shape index (κ1) is 21.0. The minimum Gasteiger partial charge on any atom is -0.481 e. The van der Waals surface area contributed by atoms with E-state index in [9.17, 15) is 5.11 Å². The molecule has 31 heavy (non-hydrogen) atoms. The molecule has 0 saturated carbocycles. The SMILES string of the molecule is C#CCOc1ccc(CN2CCN(c3ccccc3[C@H](O)c3nccn3C)CC2)cc1. The molecule has 1 aromatic heterocycles. The Kier molecular flexibility index (Phi) is 6.56. The third-order valence-corrected chi connectivity index (χ3v) is 5.70. The highest BCUT2D eigenvalue weighted by molar-refractivity contribution is 5.56. The molecule has 0 aliphatic carbocycles. The van der Waals surface area contributed by atoms with E-state index in [0.717, 1.165) is 49.7 Å². The number of rotatable bonds is 7. The van der Waals surface area contributed by atoms with Gasteiger partial charge in [0.15, 0.2) is 0 Å². The molecule has 0 bridgehead atoms. The zero-order chi connectivity index (χ0) is 21.6. The molecule has 4 rings (SSSR count). The number of terminal acetylenes is 1. The van der Waals surface area contributed by atoms with Crippen molar-refractivity contribution in [3.63, 3.8) is 0 Å². The Hall–Kier alpha value is -3.27. The number of piperazine rings is 1. The summed E-state index contributed by atoms with van der Waals surface area (Å²) in [5.41, 5.74) is 3.23. The van der Waals surface area contributed by atoms with Crippen molar-refractivity contribution in [1.29, 1.82) is 0 Å². The molecule has 1 aliphatic heterocycles. The number of hydrogen-bond acceptors (Lipinski definition) is 5. The number of aliphatic hydroxyl groups is 1. The maximum absolute atomic E-state index is 11.0. The predicted molar refractivity (Wildman–Crippen MR) is 122 cm³/mol. The van der Waals surface area contributed by atoms with E-state index in [2.05, 4.69) is 38.9 Å². The molecule has 1 saturated heterocycles. The number of aryl methyl sites for hydroxylation is 1. The van der Waals surface area contributed by atoms with Gasteiger partial charge in [-0.2, -0.15) is 0 Å². The van der Waals surface area contributed by atoms with Crippen molar-refractivity contribution in [2.24, 2.45) is 7.05 Å². The number of hydrogen-bond donors (Lipinski definition) is 1. The van der Waals surface area contributed by atoms with E-state index in [1.165, 1.54) is 5.56 Å². The third-order valence-electron chi connectivity index (χ3n) is 5.70. The van der Waals surface area contributed by atoms with Gasteiger partial charge in [0.05, 0.1) is 0 Å². The van der Waals surface area contributed by atoms with Gasteiger partial charge in [0.1, 0.15) is 24.3 Å². The molecule has 1 aliphatic rings. The van der Waals surface area contributed by atoms with Crippen LogP contribution in [-0.2, 0) is 13.6 Å². The van der Waals surface area contributed by atoms with Gasteiger partial charge in [-0.05, 0) is 23.8 Å². The molecule has 2 heterocycles. The van der Waals surface area contributed by atoms with E-state index in [4.69, 9.17) is 11.2 Å². The third kappa shape index (κ3) is 4.91. The van der Waals surface area contributed by atoms with Crippen LogP contribution in [-0.4, -0.2) is 52.3 Å². The van der Waals surface area contributed by atoms with Crippen LogP contribution in [0.2, 0.25) is 0 Å². The molecular weight excluding hydrogens is 388 g/mol. The Morgan fingerprint density at radius 1 is 1.10 bits per heavy atom. The number of ether oxygens (including phenoxy) is 1. The van der Waals surface area contributed by atoms with Crippen molar-refractivity contribution in [1.82, 2.24) is 14.5 Å². The number of anilines is 1. The van der Waals surface area contributed by atoms with Crippen LogP contribution in [0.3, 0.4) is 0 Å². The van der Waals surface area contributed by atoms with Crippen LogP contribution in [0.25, 0.3) is 0 Å². The second-order valence-electron chi connectivity index (χ2n) is 7.76. The van der Waals surface area contributed by atoms with Gasteiger partial charge >= 0.3 is 0 Å². The fourth-order valence-electron chi connectivity index (χ4n) is 4.01. The Labute approximate surface area is 183 Å². The first-order valence-electron chi connectivity index (χ1n) is 10.5. The van der Waals surface area contributed by atoms with E-state index in [0.29, 0.717) is 5.82 Å². The largest absolute Gasteiger partial charge is 0.481 e. The van der Waals surface area contributed by atoms with Gasteiger partial charge in [0, 0.05) is 63.4 Å². The number of aromatic nitrogens is 2. The molecule has 1 fully saturated rings. The van der Waals surface area contributed by atoms with Gasteiger partial charge in [0.2, 0.25) is 0 Å². The summed E-state index contributed by atoms with van der Waals surface area (Å²) in [4.78, 5) is 9.13. The predicted octanol–water partition coefficient (Wildman–Crippen LogP) is 2.84. The molecule has 6 heteroatoms. The molecule has 0 amide bonds. The monoisotopic (exact) mass is 416 g/mol. The summed E-state index contributed by atoms with van der Waals surface area (Å²) in [6.07, 6.45) is 8.06. The summed E-state index contributed by atoms with van der Waals surface area (Å²) in [5.74, 6) is 3.93. The maximum atomic E-state index is 11.0. The second-order valence-corrected chi connectivity index (χ2v) is 7.76. The molecule has 1 N–H and O–H groups in total. The van der Waals surface area contributed by atoms with Crippen molar-refractivity contribution in [3.8, 4) is 18.1 Å². The van der Waals surface area contributed by atoms with Crippen molar-refractivity contribution in [3.05, 3.63) is 77.9 Å². The Bertz CT molecular complexity index is 1030. The number of benzene rings is 2. The minimum absolute atomic E-state index is 0.289. The summed E-state index contributed by atoms with van der Waals surface area (Å²) < 4.78 is 7.31. The molecule has 160 valence electrons. The molecular formula is C25H28N4O2. The average molecular weight is 417 g/mol. The van der Waals surface area contributed by atoms with Crippen LogP contribution in [0, 0.1) is 12.3 Å². The zero-order valence-corrected chi connectivity index (χ0v) is 17.8. The highest BCUT2D eigenvalue weighted by Gasteiger charge is 2.24. The lowest BCUT2D eigenvalue weighted by atomic mass is 10.0. The number of nitrogens with zero attached hydrogens (tertiary/aromatic N) is 4. The average Bonchev–Trinajstić information content (AvgIpc) is 3.24. The van der Waals surface area contributed by atoms with Gasteiger partial charge < -0.3 is 19.3 Å². The number of aliphatic hydroxyl groups excluding tert-OH is 1. The molecule has 3 aromatic rings. The zero-order valence-electron chi connectivity index (χ0n) is 17.8. The van der Waals surface area contributed by atoms with Crippen molar-refractivity contribution in [2.75, 3.05) is 37.7 Å². The van der Waals surface area contributed by atoms with Gasteiger partial charge in [0.25, 0.3) is 0 Å². The molecule has 2 aromatic carbocycles. The molecule has 0 spiro atoms. The Morgan fingerprint density at radius 3 is 2.52 bits per heavy atom. The minimum atomic E-state index is -0.746. The highest BCUT2D eigenvalue weighted by Crippen LogP contribution is 2.30. The van der Waals surface area contributed by atoms with Crippen LogP contribution in [0.5, 0.6) is 5.75 Å². The van der Waals surface area contributed by atoms with E-state index < -0.39 is 6.10 Å². The van der Waals surface area contributed by atoms with Crippen LogP contribution >= 0.6 is 0 Å². The summed E-state index contributed by atoms with van der Waals surface area (Å²) >= 11 is 0. The molecule has 6 nitrogen and oxygen atoms in total. The number of imidazole rings is 1. The highest BCUT2D eigenvalue weighted by atomic mass is 16.5. The summed E-state index contributed by atoms with van der Waals surface area (Å²) in [5, 5.41) is 11.0. The van der Waals surface area contributed by atoms with E-state index in [1.807, 2.05) is 48.1 Å². The van der Waals surface area contributed by atoms with E-state index in [-0.39, 0.29) is 6.61 Å². The van der Waals surface area contributed by atoms with Crippen LogP contribution < -0.4 is 9.64 Å². The number of para-hydroxylation sites is 1. The van der Waals surface area contributed by atoms with Gasteiger partial charge in [-0.25, -0.2) is 4.98 Å². The molecule has 0 unspecified atom stereocenters. The van der Waals surface area contributed by atoms with Gasteiger partial charge in [-0.15, -0.1) is 6.42 Å². The summed E-state index contributed by atoms with van der Waals surface area (Å²) in [6.45, 7) is 4.93. The van der Waals surface area contributed by atoms with Gasteiger partial charge in [-0.3, -0.25) is 4.90 Å². The molecule has 1 atom stereocenters. The van der Waals surface area contributed by atoms with Crippen LogP contribution in [0.15, 0.2) is 60.9 Å². The first-order valence-corrected chi connectivity index (χ1v) is 10.5. The lowest BCUT2D eigenvalue weighted by Gasteiger charge is -2.37. The molecule has 0 radical (unpaired) electrons. The first-order chi connectivity index (χ1) is 15.2. The standard InChI is InChI=1S/C25H28N4O2/c1-3-18-31-21-10-8-20(9-11-21)19-28-14-16-29(17-15-28)23-7-5-4-6-22(23)24(30)25-26-12-13-27(25)2/h1,4-13,24,30H,14-19H2,2H3/t24-/m0/s1. The fourth-order valence-corrected chi connectivity index (χ4v) is 4.01. The summed E-state index contributed by atoms with van der Waals surface area (Å²) in [7, 11) is 1.90. The van der Waals surface area contributed by atoms with Crippen LogP contribution in [0.4, 0.5) is 5.69 Å². The quantitative estimate of drug-likeness (QED) is 0.601. The second kappa shape index (κ2) is 9.69. The van der Waals surface area contributed by atoms with Crippen LogP contribution in [0.1, 0.15) is 23.1 Å². The van der Waals surface area contributed by atoms with Crippen molar-refractivity contribution in [2.45, 2.75) is 12.6 Å². The van der Waals surface area contributed by atoms with Gasteiger partial charge in [-0.1, -0.05) is 36.3 Å². The normalized spacial score (nSPS) is 15.5. The lowest BCUT2D eigenvalue weighted by molar-refractivity contribution is 0.205. The smallest absolute Gasteiger partial charge is 0.148 e. The van der Waals surface area contributed by atoms with Crippen molar-refractivity contribution < 1.29 is 9.84 Å². The lowest BCUT2D eigenvalue weighted by Crippen LogP contribution is -2.46. The van der Waals surface area contributed by atoms with E-state index in [1.54, 1.807) is 6.20 Å². The fraction of sp³-hybridized carbons (Fsp3) is 0.320. The van der Waals surface area contributed by atoms with Crippen molar-refractivity contribution >= 4 is 5.69 Å². The Balaban J connectivity index is 1.38. The topological polar surface area (TPSA) is 53.8 Å². The maximum Gasteiger partial charge on any atom is 0.148 e.